The van der Waals surface area contributed by atoms with Gasteiger partial charge in [-0.15, -0.1) is 0 Å². The fourth-order valence-electron chi connectivity index (χ4n) is 4.17. The van der Waals surface area contributed by atoms with E-state index in [1.54, 1.807) is 24.5 Å². The van der Waals surface area contributed by atoms with Gasteiger partial charge >= 0.3 is 6.03 Å². The zero-order valence-corrected chi connectivity index (χ0v) is 13.1. The van der Waals surface area contributed by atoms with Crippen LogP contribution in [0, 0.1) is 17.8 Å². The van der Waals surface area contributed by atoms with Crippen LogP contribution in [-0.2, 0) is 9.59 Å². The van der Waals surface area contributed by atoms with E-state index in [1.165, 1.54) is 17.5 Å². The van der Waals surface area contributed by atoms with Gasteiger partial charge in [-0.05, 0) is 43.2 Å². The molecule has 1 N–H and O–H groups in total. The lowest BCUT2D eigenvalue weighted by atomic mass is 9.92. The number of rotatable bonds is 3. The number of pyridine rings is 1. The lowest BCUT2D eigenvalue weighted by molar-refractivity contribution is -0.141. The fourth-order valence-corrected chi connectivity index (χ4v) is 4.17. The number of carbonyl (C=O) groups is 3. The van der Waals surface area contributed by atoms with E-state index in [-0.39, 0.29) is 6.04 Å². The molecule has 4 amide bonds. The van der Waals surface area contributed by atoms with Crippen LogP contribution in [0.1, 0.15) is 25.7 Å². The second-order valence-electron chi connectivity index (χ2n) is 6.71. The maximum Gasteiger partial charge on any atom is 0.331 e. The summed E-state index contributed by atoms with van der Waals surface area (Å²) in [7, 11) is 0. The molecule has 2 saturated carbocycles. The van der Waals surface area contributed by atoms with Gasteiger partial charge in [0.05, 0.1) is 11.9 Å². The Balaban J connectivity index is 1.56. The van der Waals surface area contributed by atoms with Crippen LogP contribution in [0.3, 0.4) is 0 Å². The molecule has 4 atom stereocenters. The van der Waals surface area contributed by atoms with Gasteiger partial charge in [0.15, 0.2) is 5.92 Å². The van der Waals surface area contributed by atoms with Crippen LogP contribution >= 0.6 is 0 Å². The molecule has 7 heteroatoms. The molecule has 24 heavy (non-hydrogen) atoms. The predicted molar refractivity (Wildman–Crippen MR) is 85.5 cm³/mol. The topological polar surface area (TPSA) is 91.7 Å². The van der Waals surface area contributed by atoms with Crippen molar-refractivity contribution in [2.45, 2.75) is 31.7 Å². The highest BCUT2D eigenvalue weighted by Crippen LogP contribution is 2.47. The van der Waals surface area contributed by atoms with E-state index in [0.717, 1.165) is 19.3 Å². The molecule has 4 rings (SSSR count). The Morgan fingerprint density at radius 1 is 1.25 bits per heavy atom. The van der Waals surface area contributed by atoms with E-state index in [4.69, 9.17) is 0 Å². The van der Waals surface area contributed by atoms with E-state index < -0.39 is 23.8 Å². The third-order valence-corrected chi connectivity index (χ3v) is 5.29. The first-order chi connectivity index (χ1) is 11.6. The standard InChI is InChI=1S/C17H18N4O3/c22-15-13(9-19-12-2-1-5-18-8-12)16(23)21(17(24)20-15)14-7-10-3-4-11(14)6-10/h1-2,5,8-11,13-14H,3-4,6-7H2,(H,20,22,24)/t10-,11-,13-,14+/m0/s1. The lowest BCUT2D eigenvalue weighted by Gasteiger charge is -2.36. The molecule has 3 fully saturated rings. The monoisotopic (exact) mass is 326 g/mol. The minimum atomic E-state index is -1.07. The van der Waals surface area contributed by atoms with Gasteiger partial charge in [0.1, 0.15) is 0 Å². The molecule has 1 aromatic rings. The van der Waals surface area contributed by atoms with Gasteiger partial charge in [-0.1, -0.05) is 6.42 Å². The van der Waals surface area contributed by atoms with Crippen LogP contribution in [0.4, 0.5) is 10.5 Å². The van der Waals surface area contributed by atoms with Crippen molar-refractivity contribution in [1.29, 1.82) is 0 Å². The Morgan fingerprint density at radius 2 is 2.12 bits per heavy atom. The normalized spacial score (nSPS) is 32.7. The maximum absolute atomic E-state index is 12.8. The van der Waals surface area contributed by atoms with Crippen molar-refractivity contribution in [3.05, 3.63) is 24.5 Å². The smallest absolute Gasteiger partial charge is 0.277 e. The molecule has 0 unspecified atom stereocenters. The molecule has 1 aliphatic heterocycles. The first-order valence-corrected chi connectivity index (χ1v) is 8.25. The number of amides is 4. The SMILES string of the molecule is O=C1NC(=O)N([C@@H]2C[C@H]3CC[C@H]2C3)C(=O)[C@H]1C=Nc1cccnc1. The molecule has 2 bridgehead atoms. The summed E-state index contributed by atoms with van der Waals surface area (Å²) in [6.07, 6.45) is 8.62. The maximum atomic E-state index is 12.8. The minimum Gasteiger partial charge on any atom is -0.277 e. The summed E-state index contributed by atoms with van der Waals surface area (Å²) in [6.45, 7) is 0. The van der Waals surface area contributed by atoms with Crippen molar-refractivity contribution in [3.63, 3.8) is 0 Å². The quantitative estimate of drug-likeness (QED) is 0.675. The number of fused-ring (bicyclic) bond motifs is 2. The van der Waals surface area contributed by atoms with Crippen LogP contribution in [-0.4, -0.2) is 40.0 Å². The Hall–Kier alpha value is -2.57. The van der Waals surface area contributed by atoms with Crippen LogP contribution in [0.2, 0.25) is 0 Å². The highest BCUT2D eigenvalue weighted by molar-refractivity contribution is 6.23. The fraction of sp³-hybridized carbons (Fsp3) is 0.471. The number of nitrogens with zero attached hydrogens (tertiary/aromatic N) is 3. The van der Waals surface area contributed by atoms with E-state index >= 15 is 0 Å². The van der Waals surface area contributed by atoms with Gasteiger partial charge < -0.3 is 0 Å². The van der Waals surface area contributed by atoms with Crippen molar-refractivity contribution in [1.82, 2.24) is 15.2 Å². The Bertz CT molecular complexity index is 718. The van der Waals surface area contributed by atoms with Gasteiger partial charge in [-0.2, -0.15) is 0 Å². The van der Waals surface area contributed by atoms with E-state index in [9.17, 15) is 14.4 Å². The number of aliphatic imine (C=N–C) groups is 1. The molecule has 2 heterocycles. The number of hydrogen-bond donors (Lipinski definition) is 1. The van der Waals surface area contributed by atoms with Crippen molar-refractivity contribution in [3.8, 4) is 0 Å². The highest BCUT2D eigenvalue weighted by atomic mass is 16.2. The second-order valence-corrected chi connectivity index (χ2v) is 6.71. The van der Waals surface area contributed by atoms with Gasteiger partial charge in [0.2, 0.25) is 11.8 Å². The van der Waals surface area contributed by atoms with Gasteiger partial charge in [-0.25, -0.2) is 4.79 Å². The average Bonchev–Trinajstić information content (AvgIpc) is 3.18. The number of urea groups is 1. The van der Waals surface area contributed by atoms with E-state index in [2.05, 4.69) is 15.3 Å². The minimum absolute atomic E-state index is 0.0846. The molecule has 0 radical (unpaired) electrons. The predicted octanol–water partition coefficient (Wildman–Crippen LogP) is 1.67. The largest absolute Gasteiger partial charge is 0.331 e. The summed E-state index contributed by atoms with van der Waals surface area (Å²) in [5.41, 5.74) is 0.557. The first-order valence-electron chi connectivity index (χ1n) is 8.25. The number of hydrogen-bond acceptors (Lipinski definition) is 5. The number of nitrogens with one attached hydrogen (secondary N) is 1. The van der Waals surface area contributed by atoms with Crippen LogP contribution < -0.4 is 5.32 Å². The van der Waals surface area contributed by atoms with E-state index in [1.807, 2.05) is 0 Å². The van der Waals surface area contributed by atoms with Gasteiger partial charge in [0, 0.05) is 18.5 Å². The molecule has 2 aliphatic carbocycles. The first kappa shape index (κ1) is 15.0. The summed E-state index contributed by atoms with van der Waals surface area (Å²) >= 11 is 0. The van der Waals surface area contributed by atoms with Crippen LogP contribution in [0.5, 0.6) is 0 Å². The third kappa shape index (κ3) is 2.50. The zero-order valence-electron chi connectivity index (χ0n) is 13.1. The molecule has 0 aromatic carbocycles. The third-order valence-electron chi connectivity index (χ3n) is 5.29. The Kier molecular flexibility index (Phi) is 3.63. The summed E-state index contributed by atoms with van der Waals surface area (Å²) in [5.74, 6) is -1.18. The van der Waals surface area contributed by atoms with E-state index in [0.29, 0.717) is 17.5 Å². The molecule has 1 saturated heterocycles. The van der Waals surface area contributed by atoms with Gasteiger partial charge in [-0.3, -0.25) is 29.8 Å². The molecular formula is C17H18N4O3. The summed E-state index contributed by atoms with van der Waals surface area (Å²) in [4.78, 5) is 46.4. The summed E-state index contributed by atoms with van der Waals surface area (Å²) < 4.78 is 0. The summed E-state index contributed by atoms with van der Waals surface area (Å²) in [6, 6.07) is 2.78. The molecule has 1 aromatic heterocycles. The number of carbonyl (C=O) groups excluding carboxylic acids is 3. The van der Waals surface area contributed by atoms with Crippen molar-refractivity contribution in [2.75, 3.05) is 0 Å². The summed E-state index contributed by atoms with van der Waals surface area (Å²) in [5, 5.41) is 2.30. The number of imide groups is 2. The number of aromatic nitrogens is 1. The van der Waals surface area contributed by atoms with Crippen molar-refractivity contribution < 1.29 is 14.4 Å². The Labute approximate surface area is 139 Å². The van der Waals surface area contributed by atoms with Crippen LogP contribution in [0.25, 0.3) is 0 Å². The Morgan fingerprint density at radius 3 is 2.79 bits per heavy atom. The van der Waals surface area contributed by atoms with Crippen molar-refractivity contribution >= 4 is 29.7 Å². The van der Waals surface area contributed by atoms with Gasteiger partial charge in [0.25, 0.3) is 0 Å². The molecule has 124 valence electrons. The highest BCUT2D eigenvalue weighted by Gasteiger charge is 2.50. The second kappa shape index (κ2) is 5.81. The molecule has 7 nitrogen and oxygen atoms in total. The molecule has 3 aliphatic rings. The molecule has 0 spiro atoms. The zero-order chi connectivity index (χ0) is 16.7. The number of barbiturate groups is 1. The van der Waals surface area contributed by atoms with Crippen LogP contribution in [0.15, 0.2) is 29.5 Å². The average molecular weight is 326 g/mol. The van der Waals surface area contributed by atoms with Crippen molar-refractivity contribution in [2.24, 2.45) is 22.7 Å². The molecular weight excluding hydrogens is 308 g/mol. The lowest BCUT2D eigenvalue weighted by Crippen LogP contribution is -2.62.